The first-order valence-electron chi connectivity index (χ1n) is 10.7. The van der Waals surface area contributed by atoms with Crippen LogP contribution in [0.1, 0.15) is 28.2 Å². The molecule has 2 fully saturated rings. The number of fused-ring (bicyclic) bond motifs is 1. The van der Waals surface area contributed by atoms with Crippen LogP contribution in [0.5, 0.6) is 0 Å². The first-order valence-corrected chi connectivity index (χ1v) is 11.5. The lowest BCUT2D eigenvalue weighted by Crippen LogP contribution is -2.35. The first-order chi connectivity index (χ1) is 16.7. The molecule has 0 spiro atoms. The van der Waals surface area contributed by atoms with Crippen molar-refractivity contribution in [2.45, 2.75) is 57.3 Å². The highest BCUT2D eigenvalue weighted by molar-refractivity contribution is 7.11. The van der Waals surface area contributed by atoms with E-state index >= 15 is 0 Å². The Hall–Kier alpha value is -2.71. The molecule has 2 N–H and O–H groups in total. The van der Waals surface area contributed by atoms with E-state index in [1.807, 2.05) is 29.8 Å². The van der Waals surface area contributed by atoms with Gasteiger partial charge in [-0.3, -0.25) is 14.8 Å². The fourth-order valence-corrected chi connectivity index (χ4v) is 4.97. The van der Waals surface area contributed by atoms with Crippen molar-refractivity contribution < 1.29 is 46.1 Å². The molecule has 0 unspecified atom stereocenters. The second-order valence-electron chi connectivity index (χ2n) is 8.13. The number of halogens is 6. The van der Waals surface area contributed by atoms with Crippen molar-refractivity contribution in [1.29, 1.82) is 0 Å². The molecule has 0 aliphatic carbocycles. The predicted octanol–water partition coefficient (Wildman–Crippen LogP) is 4.57. The average molecular weight is 542 g/mol. The largest absolute Gasteiger partial charge is 0.490 e. The Kier molecular flexibility index (Phi) is 10.3. The number of carboxylic acid groups (broad SMARTS) is 2. The molecule has 36 heavy (non-hydrogen) atoms. The summed E-state index contributed by atoms with van der Waals surface area (Å²) in [6.45, 7) is 6.87. The number of nitrogens with zero attached hydrogens (tertiary/aromatic N) is 3. The zero-order valence-electron chi connectivity index (χ0n) is 19.1. The van der Waals surface area contributed by atoms with E-state index in [0.29, 0.717) is 0 Å². The number of aromatic nitrogens is 1. The molecule has 2 aromatic rings. The number of hydrogen-bond donors (Lipinski definition) is 2. The minimum absolute atomic E-state index is 0.737. The smallest absolute Gasteiger partial charge is 0.475 e. The van der Waals surface area contributed by atoms with Gasteiger partial charge in [-0.05, 0) is 43.5 Å². The summed E-state index contributed by atoms with van der Waals surface area (Å²) in [6.07, 6.45) is -3.67. The minimum atomic E-state index is -5.08. The van der Waals surface area contributed by atoms with Gasteiger partial charge in [-0.25, -0.2) is 9.59 Å². The maximum Gasteiger partial charge on any atom is 0.490 e. The maximum atomic E-state index is 10.6. The Morgan fingerprint density at radius 3 is 1.83 bits per heavy atom. The number of alkyl halides is 6. The number of aryl methyl sites for hydroxylation is 1. The summed E-state index contributed by atoms with van der Waals surface area (Å²) in [4.78, 5) is 30.4. The third-order valence-electron chi connectivity index (χ3n) is 5.55. The van der Waals surface area contributed by atoms with E-state index in [1.54, 1.807) is 0 Å². The van der Waals surface area contributed by atoms with Crippen molar-refractivity contribution in [2.24, 2.45) is 0 Å². The van der Waals surface area contributed by atoms with Gasteiger partial charge < -0.3 is 10.2 Å². The minimum Gasteiger partial charge on any atom is -0.475 e. The molecule has 4 heterocycles. The second-order valence-corrected chi connectivity index (χ2v) is 9.50. The second kappa shape index (κ2) is 12.5. The fourth-order valence-electron chi connectivity index (χ4n) is 4.05. The van der Waals surface area contributed by atoms with Crippen molar-refractivity contribution in [1.82, 2.24) is 14.8 Å². The Labute approximate surface area is 207 Å². The number of pyridine rings is 1. The molecule has 2 saturated heterocycles. The highest BCUT2D eigenvalue weighted by Gasteiger charge is 2.42. The molecular formula is C22H25F6N3O4S. The lowest BCUT2D eigenvalue weighted by atomic mass is 10.1. The van der Waals surface area contributed by atoms with Crippen LogP contribution in [0, 0.1) is 6.92 Å². The van der Waals surface area contributed by atoms with Crippen LogP contribution in [0.4, 0.5) is 26.3 Å². The molecule has 0 bridgehead atoms. The van der Waals surface area contributed by atoms with E-state index in [9.17, 15) is 26.3 Å². The van der Waals surface area contributed by atoms with Crippen molar-refractivity contribution in [3.63, 3.8) is 0 Å². The van der Waals surface area contributed by atoms with Crippen LogP contribution >= 0.6 is 11.3 Å². The molecule has 2 aliphatic heterocycles. The summed E-state index contributed by atoms with van der Waals surface area (Å²) < 4.78 is 63.5. The van der Waals surface area contributed by atoms with Gasteiger partial charge in [0, 0.05) is 60.4 Å². The van der Waals surface area contributed by atoms with Gasteiger partial charge in [-0.2, -0.15) is 26.3 Å². The van der Waals surface area contributed by atoms with Gasteiger partial charge in [0.05, 0.1) is 0 Å². The van der Waals surface area contributed by atoms with Gasteiger partial charge in [-0.15, -0.1) is 11.3 Å². The van der Waals surface area contributed by atoms with Crippen molar-refractivity contribution in [2.75, 3.05) is 13.1 Å². The van der Waals surface area contributed by atoms with Crippen LogP contribution in [-0.2, 0) is 22.7 Å². The number of aliphatic carboxylic acids is 2. The number of carbonyl (C=O) groups is 2. The standard InChI is InChI=1S/C18H23N3S.2C2HF3O2/c1-14-4-5-16(22-14)13-21-10-7-17-18(21)6-9-20(17)12-15-3-2-8-19-11-15;2*3-2(4,5)1(6)7/h2-5,8,11,17-18H,6-7,9-10,12-13H2,1H3;2*(H,6,7)/t17-,18+;;/m0../s1. The number of rotatable bonds is 4. The molecule has 2 atom stereocenters. The number of hydrogen-bond acceptors (Lipinski definition) is 6. The lowest BCUT2D eigenvalue weighted by Gasteiger charge is -2.25. The monoisotopic (exact) mass is 541 g/mol. The van der Waals surface area contributed by atoms with Gasteiger partial charge in [0.2, 0.25) is 0 Å². The van der Waals surface area contributed by atoms with Crippen LogP contribution in [0.25, 0.3) is 0 Å². The SMILES string of the molecule is Cc1ccc(CN2CC[C@H]3[C@H]2CCN3Cc2cccnc2)s1.O=C(O)C(F)(F)F.O=C(O)C(F)(F)F. The number of likely N-dealkylation sites (tertiary alicyclic amines) is 2. The average Bonchev–Trinajstić information content (AvgIpc) is 3.47. The molecule has 0 amide bonds. The van der Waals surface area contributed by atoms with Crippen molar-refractivity contribution >= 4 is 23.3 Å². The van der Waals surface area contributed by atoms with E-state index in [4.69, 9.17) is 19.8 Å². The predicted molar refractivity (Wildman–Crippen MR) is 118 cm³/mol. The van der Waals surface area contributed by atoms with Gasteiger partial charge in [0.1, 0.15) is 0 Å². The van der Waals surface area contributed by atoms with Crippen molar-refractivity contribution in [3.8, 4) is 0 Å². The fraction of sp³-hybridized carbons (Fsp3) is 0.500. The van der Waals surface area contributed by atoms with Crippen LogP contribution in [0.15, 0.2) is 36.7 Å². The van der Waals surface area contributed by atoms with Crippen LogP contribution < -0.4 is 0 Å². The molecule has 0 saturated carbocycles. The molecular weight excluding hydrogens is 516 g/mol. The Morgan fingerprint density at radius 1 is 0.944 bits per heavy atom. The molecule has 4 rings (SSSR count). The van der Waals surface area contributed by atoms with E-state index in [-0.39, 0.29) is 0 Å². The Morgan fingerprint density at radius 2 is 1.44 bits per heavy atom. The van der Waals surface area contributed by atoms with Gasteiger partial charge in [0.15, 0.2) is 0 Å². The van der Waals surface area contributed by atoms with Crippen LogP contribution in [0.3, 0.4) is 0 Å². The Balaban J connectivity index is 0.000000271. The molecule has 0 radical (unpaired) electrons. The quantitative estimate of drug-likeness (QED) is 0.548. The summed E-state index contributed by atoms with van der Waals surface area (Å²) in [5.74, 6) is -5.51. The third kappa shape index (κ3) is 9.06. The maximum absolute atomic E-state index is 10.6. The zero-order chi connectivity index (χ0) is 27.1. The number of thiophene rings is 1. The molecule has 0 aromatic carbocycles. The highest BCUT2D eigenvalue weighted by atomic mass is 32.1. The van der Waals surface area contributed by atoms with Crippen molar-refractivity contribution in [3.05, 3.63) is 52.0 Å². The van der Waals surface area contributed by atoms with E-state index in [0.717, 1.165) is 25.2 Å². The summed E-state index contributed by atoms with van der Waals surface area (Å²) >= 11 is 1.95. The normalized spacial score (nSPS) is 20.1. The van der Waals surface area contributed by atoms with Gasteiger partial charge >= 0.3 is 24.3 Å². The molecule has 200 valence electrons. The summed E-state index contributed by atoms with van der Waals surface area (Å²) in [5, 5.41) is 14.2. The Bertz CT molecular complexity index is 976. The van der Waals surface area contributed by atoms with E-state index in [2.05, 4.69) is 39.9 Å². The highest BCUT2D eigenvalue weighted by Crippen LogP contribution is 2.34. The van der Waals surface area contributed by atoms with Gasteiger partial charge in [0.25, 0.3) is 0 Å². The van der Waals surface area contributed by atoms with Crippen LogP contribution in [0.2, 0.25) is 0 Å². The molecule has 2 aromatic heterocycles. The van der Waals surface area contributed by atoms with E-state index in [1.165, 1.54) is 41.2 Å². The van der Waals surface area contributed by atoms with Gasteiger partial charge in [-0.1, -0.05) is 6.07 Å². The van der Waals surface area contributed by atoms with Crippen LogP contribution in [-0.4, -0.2) is 74.5 Å². The zero-order valence-corrected chi connectivity index (χ0v) is 19.9. The van der Waals surface area contributed by atoms with E-state index < -0.39 is 24.3 Å². The molecule has 7 nitrogen and oxygen atoms in total. The summed E-state index contributed by atoms with van der Waals surface area (Å²) in [5.41, 5.74) is 1.34. The topological polar surface area (TPSA) is 94.0 Å². The molecule has 14 heteroatoms. The lowest BCUT2D eigenvalue weighted by molar-refractivity contribution is -0.193. The number of carboxylic acids is 2. The molecule has 2 aliphatic rings. The first kappa shape index (κ1) is 29.5. The third-order valence-corrected chi connectivity index (χ3v) is 6.54. The summed E-state index contributed by atoms with van der Waals surface area (Å²) in [7, 11) is 0. The summed E-state index contributed by atoms with van der Waals surface area (Å²) in [6, 6.07) is 10.3.